The number of aryl methyl sites for hydroxylation is 1. The lowest BCUT2D eigenvalue weighted by atomic mass is 10.0. The van der Waals surface area contributed by atoms with Gasteiger partial charge in [-0.15, -0.1) is 0 Å². The zero-order chi connectivity index (χ0) is 13.1. The van der Waals surface area contributed by atoms with Crippen molar-refractivity contribution in [3.05, 3.63) is 48.0 Å². The van der Waals surface area contributed by atoms with E-state index < -0.39 is 0 Å². The SMILES string of the molecule is Cc1ccccc1-c1cnc(C(N)C(C)C)nc1. The van der Waals surface area contributed by atoms with Crippen molar-refractivity contribution in [2.75, 3.05) is 0 Å². The Morgan fingerprint density at radius 2 is 1.67 bits per heavy atom. The molecule has 2 aromatic rings. The summed E-state index contributed by atoms with van der Waals surface area (Å²) in [4.78, 5) is 8.76. The highest BCUT2D eigenvalue weighted by Gasteiger charge is 2.13. The molecule has 1 aromatic carbocycles. The van der Waals surface area contributed by atoms with Gasteiger partial charge in [-0.25, -0.2) is 9.97 Å². The van der Waals surface area contributed by atoms with E-state index in [9.17, 15) is 0 Å². The van der Waals surface area contributed by atoms with Crippen LogP contribution in [0, 0.1) is 12.8 Å². The van der Waals surface area contributed by atoms with Gasteiger partial charge in [0.1, 0.15) is 5.82 Å². The number of nitrogens with two attached hydrogens (primary N) is 1. The van der Waals surface area contributed by atoms with E-state index in [-0.39, 0.29) is 6.04 Å². The average Bonchev–Trinajstić information content (AvgIpc) is 2.38. The molecule has 0 saturated carbocycles. The number of nitrogens with zero attached hydrogens (tertiary/aromatic N) is 2. The molecule has 3 heteroatoms. The summed E-state index contributed by atoms with van der Waals surface area (Å²) in [6.45, 7) is 6.23. The third-order valence-corrected chi connectivity index (χ3v) is 3.14. The normalized spacial score (nSPS) is 12.7. The molecule has 1 heterocycles. The second-order valence-electron chi connectivity index (χ2n) is 4.91. The molecule has 0 saturated heterocycles. The Morgan fingerprint density at radius 3 is 2.22 bits per heavy atom. The zero-order valence-electron chi connectivity index (χ0n) is 11.1. The smallest absolute Gasteiger partial charge is 0.145 e. The second kappa shape index (κ2) is 5.27. The highest BCUT2D eigenvalue weighted by Crippen LogP contribution is 2.22. The molecule has 0 radical (unpaired) electrons. The second-order valence-corrected chi connectivity index (χ2v) is 4.91. The number of hydrogen-bond donors (Lipinski definition) is 1. The van der Waals surface area contributed by atoms with Crippen LogP contribution in [-0.4, -0.2) is 9.97 Å². The molecule has 3 nitrogen and oxygen atoms in total. The van der Waals surface area contributed by atoms with Crippen LogP contribution in [-0.2, 0) is 0 Å². The molecule has 2 N–H and O–H groups in total. The third kappa shape index (κ3) is 2.57. The Hall–Kier alpha value is -1.74. The van der Waals surface area contributed by atoms with Crippen LogP contribution in [0.15, 0.2) is 36.7 Å². The van der Waals surface area contributed by atoms with Gasteiger partial charge in [-0.05, 0) is 24.0 Å². The Morgan fingerprint density at radius 1 is 1.06 bits per heavy atom. The monoisotopic (exact) mass is 241 g/mol. The molecule has 0 fully saturated rings. The lowest BCUT2D eigenvalue weighted by Crippen LogP contribution is -2.19. The first-order valence-electron chi connectivity index (χ1n) is 6.23. The van der Waals surface area contributed by atoms with Crippen LogP contribution in [0.25, 0.3) is 11.1 Å². The van der Waals surface area contributed by atoms with E-state index in [1.54, 1.807) is 0 Å². The van der Waals surface area contributed by atoms with Crippen molar-refractivity contribution in [3.8, 4) is 11.1 Å². The lowest BCUT2D eigenvalue weighted by molar-refractivity contribution is 0.490. The van der Waals surface area contributed by atoms with Gasteiger partial charge >= 0.3 is 0 Å². The van der Waals surface area contributed by atoms with Gasteiger partial charge in [0.25, 0.3) is 0 Å². The van der Waals surface area contributed by atoms with Crippen molar-refractivity contribution in [2.45, 2.75) is 26.8 Å². The Kier molecular flexibility index (Phi) is 3.72. The number of aromatic nitrogens is 2. The Balaban J connectivity index is 2.31. The predicted octanol–water partition coefficient (Wildman–Crippen LogP) is 3.11. The molecule has 0 amide bonds. The Bertz CT molecular complexity index is 518. The van der Waals surface area contributed by atoms with Crippen LogP contribution < -0.4 is 5.73 Å². The molecule has 0 aliphatic carbocycles. The van der Waals surface area contributed by atoms with E-state index in [0.29, 0.717) is 11.7 Å². The summed E-state index contributed by atoms with van der Waals surface area (Å²) in [5, 5.41) is 0. The zero-order valence-corrected chi connectivity index (χ0v) is 11.1. The Labute approximate surface area is 108 Å². The molecule has 0 aliphatic rings. The summed E-state index contributed by atoms with van der Waals surface area (Å²) in [5.74, 6) is 1.05. The van der Waals surface area contributed by atoms with Gasteiger partial charge in [-0.1, -0.05) is 38.1 Å². The maximum absolute atomic E-state index is 6.03. The fourth-order valence-electron chi connectivity index (χ4n) is 1.84. The third-order valence-electron chi connectivity index (χ3n) is 3.14. The van der Waals surface area contributed by atoms with Crippen LogP contribution in [0.3, 0.4) is 0 Å². The summed E-state index contributed by atoms with van der Waals surface area (Å²) >= 11 is 0. The number of rotatable bonds is 3. The molecule has 94 valence electrons. The summed E-state index contributed by atoms with van der Waals surface area (Å²) in [5.41, 5.74) is 9.46. The summed E-state index contributed by atoms with van der Waals surface area (Å²) in [7, 11) is 0. The van der Waals surface area contributed by atoms with Crippen molar-refractivity contribution in [2.24, 2.45) is 11.7 Å². The highest BCUT2D eigenvalue weighted by atomic mass is 14.9. The van der Waals surface area contributed by atoms with E-state index in [2.05, 4.69) is 42.9 Å². The first kappa shape index (κ1) is 12.7. The molecule has 1 aromatic heterocycles. The fraction of sp³-hybridized carbons (Fsp3) is 0.333. The van der Waals surface area contributed by atoms with E-state index in [1.165, 1.54) is 11.1 Å². The largest absolute Gasteiger partial charge is 0.321 e. The van der Waals surface area contributed by atoms with Gasteiger partial charge in [0, 0.05) is 18.0 Å². The van der Waals surface area contributed by atoms with Crippen LogP contribution in [0.4, 0.5) is 0 Å². The van der Waals surface area contributed by atoms with Crippen molar-refractivity contribution in [1.29, 1.82) is 0 Å². The minimum atomic E-state index is -0.101. The fourth-order valence-corrected chi connectivity index (χ4v) is 1.84. The van der Waals surface area contributed by atoms with Crippen LogP contribution in [0.5, 0.6) is 0 Å². The first-order valence-corrected chi connectivity index (χ1v) is 6.23. The van der Waals surface area contributed by atoms with E-state index in [1.807, 2.05) is 24.5 Å². The lowest BCUT2D eigenvalue weighted by Gasteiger charge is -2.14. The van der Waals surface area contributed by atoms with Gasteiger partial charge in [-0.2, -0.15) is 0 Å². The molecule has 18 heavy (non-hydrogen) atoms. The molecular formula is C15H19N3. The minimum absolute atomic E-state index is 0.101. The molecule has 0 spiro atoms. The first-order chi connectivity index (χ1) is 8.59. The molecule has 0 bridgehead atoms. The molecular weight excluding hydrogens is 222 g/mol. The molecule has 0 aliphatic heterocycles. The van der Waals surface area contributed by atoms with Gasteiger partial charge in [0.2, 0.25) is 0 Å². The summed E-state index contributed by atoms with van der Waals surface area (Å²) in [6, 6.07) is 8.12. The van der Waals surface area contributed by atoms with Crippen LogP contribution in [0.1, 0.15) is 31.3 Å². The maximum Gasteiger partial charge on any atom is 0.145 e. The minimum Gasteiger partial charge on any atom is -0.321 e. The van der Waals surface area contributed by atoms with E-state index >= 15 is 0 Å². The van der Waals surface area contributed by atoms with Crippen molar-refractivity contribution >= 4 is 0 Å². The van der Waals surface area contributed by atoms with E-state index in [4.69, 9.17) is 5.73 Å². The highest BCUT2D eigenvalue weighted by molar-refractivity contribution is 5.65. The number of hydrogen-bond acceptors (Lipinski definition) is 3. The van der Waals surface area contributed by atoms with E-state index in [0.717, 1.165) is 5.56 Å². The molecule has 1 atom stereocenters. The van der Waals surface area contributed by atoms with Crippen molar-refractivity contribution in [1.82, 2.24) is 9.97 Å². The summed E-state index contributed by atoms with van der Waals surface area (Å²) < 4.78 is 0. The van der Waals surface area contributed by atoms with Gasteiger partial charge < -0.3 is 5.73 Å². The average molecular weight is 241 g/mol. The summed E-state index contributed by atoms with van der Waals surface area (Å²) in [6.07, 6.45) is 3.71. The van der Waals surface area contributed by atoms with Crippen LogP contribution >= 0.6 is 0 Å². The standard InChI is InChI=1S/C15H19N3/c1-10(2)14(16)15-17-8-12(9-18-15)13-7-5-4-6-11(13)3/h4-10,14H,16H2,1-3H3. The number of benzene rings is 1. The molecule has 2 rings (SSSR count). The molecule has 1 unspecified atom stereocenters. The van der Waals surface area contributed by atoms with Gasteiger partial charge in [0.15, 0.2) is 0 Å². The van der Waals surface area contributed by atoms with Crippen LogP contribution in [0.2, 0.25) is 0 Å². The van der Waals surface area contributed by atoms with Gasteiger partial charge in [-0.3, -0.25) is 0 Å². The predicted molar refractivity (Wildman–Crippen MR) is 74.0 cm³/mol. The topological polar surface area (TPSA) is 51.8 Å². The maximum atomic E-state index is 6.03. The van der Waals surface area contributed by atoms with Crippen molar-refractivity contribution in [3.63, 3.8) is 0 Å². The van der Waals surface area contributed by atoms with Gasteiger partial charge in [0.05, 0.1) is 6.04 Å². The quantitative estimate of drug-likeness (QED) is 0.898. The van der Waals surface area contributed by atoms with Crippen molar-refractivity contribution < 1.29 is 0 Å².